The van der Waals surface area contributed by atoms with Gasteiger partial charge >= 0.3 is 0 Å². The lowest BCUT2D eigenvalue weighted by Gasteiger charge is -2.15. The van der Waals surface area contributed by atoms with Crippen molar-refractivity contribution in [2.75, 3.05) is 0 Å². The first-order chi connectivity index (χ1) is 7.25. The van der Waals surface area contributed by atoms with Crippen LogP contribution >= 0.6 is 31.9 Å². The van der Waals surface area contributed by atoms with Crippen molar-refractivity contribution < 1.29 is 0 Å². The zero-order valence-corrected chi connectivity index (χ0v) is 11.1. The standard InChI is InChI=1S/C13H8Br2/c14-10-6-8-2-1-3-11-12(15)5-4-9(7-10)13(8)11/h1-5,7H,6H2. The van der Waals surface area contributed by atoms with E-state index < -0.39 is 0 Å². The molecule has 0 amide bonds. The van der Waals surface area contributed by atoms with Crippen LogP contribution in [0.25, 0.3) is 16.8 Å². The lowest BCUT2D eigenvalue weighted by molar-refractivity contribution is 1.27. The fourth-order valence-corrected chi connectivity index (χ4v) is 3.16. The Morgan fingerprint density at radius 1 is 1.00 bits per heavy atom. The number of benzene rings is 2. The van der Waals surface area contributed by atoms with Crippen molar-refractivity contribution in [2.24, 2.45) is 0 Å². The van der Waals surface area contributed by atoms with Crippen molar-refractivity contribution in [1.82, 2.24) is 0 Å². The summed E-state index contributed by atoms with van der Waals surface area (Å²) in [4.78, 5) is 0. The molecule has 0 bridgehead atoms. The summed E-state index contributed by atoms with van der Waals surface area (Å²) in [5.74, 6) is 0. The summed E-state index contributed by atoms with van der Waals surface area (Å²) in [7, 11) is 0. The van der Waals surface area contributed by atoms with Crippen LogP contribution in [0.4, 0.5) is 0 Å². The van der Waals surface area contributed by atoms with Gasteiger partial charge in [-0.15, -0.1) is 0 Å². The second-order valence-electron chi connectivity index (χ2n) is 3.74. The molecule has 15 heavy (non-hydrogen) atoms. The highest BCUT2D eigenvalue weighted by Crippen LogP contribution is 2.36. The average Bonchev–Trinajstić information content (AvgIpc) is 2.23. The van der Waals surface area contributed by atoms with E-state index in [-0.39, 0.29) is 0 Å². The summed E-state index contributed by atoms with van der Waals surface area (Å²) >= 11 is 7.19. The van der Waals surface area contributed by atoms with Gasteiger partial charge in [-0.3, -0.25) is 0 Å². The van der Waals surface area contributed by atoms with Gasteiger partial charge in [-0.05, 0) is 34.0 Å². The van der Waals surface area contributed by atoms with Crippen LogP contribution in [-0.2, 0) is 6.42 Å². The number of allylic oxidation sites excluding steroid dienone is 1. The molecule has 0 atom stereocenters. The molecule has 2 aromatic rings. The van der Waals surface area contributed by atoms with E-state index in [4.69, 9.17) is 0 Å². The number of hydrogen-bond acceptors (Lipinski definition) is 0. The van der Waals surface area contributed by atoms with Crippen molar-refractivity contribution in [3.05, 3.63) is 50.4 Å². The fourth-order valence-electron chi connectivity index (χ4n) is 2.15. The second-order valence-corrected chi connectivity index (χ2v) is 5.62. The molecule has 1 aliphatic carbocycles. The predicted molar refractivity (Wildman–Crippen MR) is 72.3 cm³/mol. The largest absolute Gasteiger partial charge is 0.0613 e. The minimum atomic E-state index is 1.00. The molecule has 0 aromatic heterocycles. The molecule has 2 heteroatoms. The van der Waals surface area contributed by atoms with E-state index in [1.165, 1.54) is 30.9 Å². The van der Waals surface area contributed by atoms with Gasteiger partial charge in [0.1, 0.15) is 0 Å². The Balaban J connectivity index is 2.51. The summed E-state index contributed by atoms with van der Waals surface area (Å²) in [5.41, 5.74) is 2.71. The van der Waals surface area contributed by atoms with Crippen LogP contribution in [0, 0.1) is 0 Å². The number of rotatable bonds is 0. The predicted octanol–water partition coefficient (Wildman–Crippen LogP) is 4.89. The van der Waals surface area contributed by atoms with Crippen LogP contribution in [0.3, 0.4) is 0 Å². The highest BCUT2D eigenvalue weighted by atomic mass is 79.9. The second kappa shape index (κ2) is 3.46. The van der Waals surface area contributed by atoms with Gasteiger partial charge in [-0.2, -0.15) is 0 Å². The Kier molecular flexibility index (Phi) is 2.22. The van der Waals surface area contributed by atoms with Crippen LogP contribution in [0.1, 0.15) is 11.1 Å². The van der Waals surface area contributed by atoms with Gasteiger partial charge in [0, 0.05) is 15.4 Å². The molecule has 0 nitrogen and oxygen atoms in total. The highest BCUT2D eigenvalue weighted by molar-refractivity contribution is 9.11. The van der Waals surface area contributed by atoms with Gasteiger partial charge in [0.2, 0.25) is 0 Å². The number of hydrogen-bond donors (Lipinski definition) is 0. The molecule has 0 N–H and O–H groups in total. The van der Waals surface area contributed by atoms with E-state index in [9.17, 15) is 0 Å². The lowest BCUT2D eigenvalue weighted by Crippen LogP contribution is -1.95. The third kappa shape index (κ3) is 1.47. The monoisotopic (exact) mass is 322 g/mol. The van der Waals surface area contributed by atoms with Crippen LogP contribution in [0.15, 0.2) is 39.3 Å². The van der Waals surface area contributed by atoms with Crippen LogP contribution in [0.5, 0.6) is 0 Å². The summed E-state index contributed by atoms with van der Waals surface area (Å²) in [6, 6.07) is 10.8. The van der Waals surface area contributed by atoms with Crippen molar-refractivity contribution >= 4 is 48.7 Å². The topological polar surface area (TPSA) is 0 Å². The van der Waals surface area contributed by atoms with Crippen LogP contribution in [-0.4, -0.2) is 0 Å². The van der Waals surface area contributed by atoms with Gasteiger partial charge in [-0.25, -0.2) is 0 Å². The van der Waals surface area contributed by atoms with Crippen molar-refractivity contribution in [2.45, 2.75) is 6.42 Å². The van der Waals surface area contributed by atoms with E-state index in [0.29, 0.717) is 0 Å². The summed E-state index contributed by atoms with van der Waals surface area (Å²) in [6.45, 7) is 0. The molecule has 0 unspecified atom stereocenters. The quantitative estimate of drug-likeness (QED) is 0.647. The van der Waals surface area contributed by atoms with E-state index in [1.807, 2.05) is 0 Å². The zero-order valence-electron chi connectivity index (χ0n) is 7.93. The molecule has 2 aromatic carbocycles. The molecular formula is C13H8Br2. The first kappa shape index (κ1) is 9.61. The Morgan fingerprint density at radius 2 is 1.87 bits per heavy atom. The van der Waals surface area contributed by atoms with Crippen molar-refractivity contribution in [3.63, 3.8) is 0 Å². The van der Waals surface area contributed by atoms with E-state index >= 15 is 0 Å². The molecule has 1 aliphatic rings. The molecular weight excluding hydrogens is 316 g/mol. The lowest BCUT2D eigenvalue weighted by atomic mass is 9.93. The smallest absolute Gasteiger partial charge is 0.0254 e. The maximum absolute atomic E-state index is 3.60. The van der Waals surface area contributed by atoms with Gasteiger partial charge in [0.25, 0.3) is 0 Å². The molecule has 0 radical (unpaired) electrons. The molecule has 3 rings (SSSR count). The first-order valence-corrected chi connectivity index (χ1v) is 6.40. The third-order valence-electron chi connectivity index (χ3n) is 2.78. The van der Waals surface area contributed by atoms with Crippen molar-refractivity contribution in [3.8, 4) is 0 Å². The zero-order chi connectivity index (χ0) is 10.4. The minimum absolute atomic E-state index is 1.00. The number of halogens is 2. The van der Waals surface area contributed by atoms with Gasteiger partial charge in [0.05, 0.1) is 0 Å². The molecule has 74 valence electrons. The minimum Gasteiger partial charge on any atom is -0.0613 e. The maximum atomic E-state index is 3.60. The van der Waals surface area contributed by atoms with Gasteiger partial charge in [-0.1, -0.05) is 56.1 Å². The molecule has 0 spiro atoms. The molecule has 0 heterocycles. The SMILES string of the molecule is BrC1=Cc2ccc(Br)c3cccc(c23)C1. The average molecular weight is 324 g/mol. The van der Waals surface area contributed by atoms with Crippen molar-refractivity contribution in [1.29, 1.82) is 0 Å². The third-order valence-corrected chi connectivity index (χ3v) is 3.98. The first-order valence-electron chi connectivity index (χ1n) is 4.82. The molecule has 0 fully saturated rings. The molecule has 0 aliphatic heterocycles. The summed E-state index contributed by atoms with van der Waals surface area (Å²) in [6.07, 6.45) is 3.21. The van der Waals surface area contributed by atoms with Gasteiger partial charge < -0.3 is 0 Å². The Bertz CT molecular complexity index is 582. The normalized spacial score (nSPS) is 14.1. The molecule has 0 saturated carbocycles. The van der Waals surface area contributed by atoms with E-state index in [2.05, 4.69) is 68.3 Å². The van der Waals surface area contributed by atoms with E-state index in [0.717, 1.165) is 6.42 Å². The van der Waals surface area contributed by atoms with E-state index in [1.54, 1.807) is 0 Å². The fraction of sp³-hybridized carbons (Fsp3) is 0.0769. The molecule has 0 saturated heterocycles. The Labute approximate surface area is 105 Å². The Hall–Kier alpha value is -0.600. The summed E-state index contributed by atoms with van der Waals surface area (Å²) < 4.78 is 2.43. The highest BCUT2D eigenvalue weighted by Gasteiger charge is 2.12. The Morgan fingerprint density at radius 3 is 2.73 bits per heavy atom. The maximum Gasteiger partial charge on any atom is 0.0254 e. The van der Waals surface area contributed by atoms with Gasteiger partial charge in [0.15, 0.2) is 0 Å². The van der Waals surface area contributed by atoms with Crippen LogP contribution < -0.4 is 0 Å². The van der Waals surface area contributed by atoms with Crippen LogP contribution in [0.2, 0.25) is 0 Å². The summed E-state index contributed by atoms with van der Waals surface area (Å²) in [5, 5.41) is 2.69.